The van der Waals surface area contributed by atoms with Crippen LogP contribution in [0, 0.1) is 27.7 Å². The standard InChI is InChI=1S/C25H32N4O4S/c1-16-9-10-17(2)24(14-16)34(32,33)27-20-11-12-23(22(15-20)25(30)31)28(5)13-7-8-21-18(3)26-29(6)19(21)4/h9-12,14-15,27H,7-8,13H2,1-6H3,(H,30,31). The number of aromatic nitrogens is 2. The average molecular weight is 485 g/mol. The number of benzene rings is 2. The number of carboxylic acid groups (broad SMARTS) is 1. The van der Waals surface area contributed by atoms with Crippen molar-refractivity contribution in [1.29, 1.82) is 0 Å². The molecule has 8 nitrogen and oxygen atoms in total. The van der Waals surface area contributed by atoms with Gasteiger partial charge in [0.25, 0.3) is 10.0 Å². The molecule has 0 aliphatic heterocycles. The maximum Gasteiger partial charge on any atom is 0.337 e. The molecule has 9 heteroatoms. The van der Waals surface area contributed by atoms with Crippen molar-refractivity contribution < 1.29 is 18.3 Å². The van der Waals surface area contributed by atoms with Gasteiger partial charge in [0.05, 0.1) is 21.8 Å². The highest BCUT2D eigenvalue weighted by atomic mass is 32.2. The molecule has 0 atom stereocenters. The molecule has 0 spiro atoms. The number of carbonyl (C=O) groups is 1. The Morgan fingerprint density at radius 1 is 1.12 bits per heavy atom. The predicted molar refractivity (Wildman–Crippen MR) is 134 cm³/mol. The Labute approximate surface area is 201 Å². The largest absolute Gasteiger partial charge is 0.478 e. The van der Waals surface area contributed by atoms with Gasteiger partial charge in [0.15, 0.2) is 0 Å². The third kappa shape index (κ3) is 5.41. The number of hydrogen-bond donors (Lipinski definition) is 2. The van der Waals surface area contributed by atoms with Gasteiger partial charge in [0.1, 0.15) is 0 Å². The van der Waals surface area contributed by atoms with Gasteiger partial charge in [-0.05, 0) is 81.5 Å². The first-order valence-corrected chi connectivity index (χ1v) is 12.6. The van der Waals surface area contributed by atoms with Gasteiger partial charge in [-0.25, -0.2) is 13.2 Å². The summed E-state index contributed by atoms with van der Waals surface area (Å²) >= 11 is 0. The van der Waals surface area contributed by atoms with Crippen molar-refractivity contribution in [3.8, 4) is 0 Å². The van der Waals surface area contributed by atoms with Crippen LogP contribution < -0.4 is 9.62 Å². The summed E-state index contributed by atoms with van der Waals surface area (Å²) in [4.78, 5) is 14.0. The van der Waals surface area contributed by atoms with E-state index in [1.165, 1.54) is 11.6 Å². The summed E-state index contributed by atoms with van der Waals surface area (Å²) in [7, 11) is -0.0958. The Morgan fingerprint density at radius 2 is 1.82 bits per heavy atom. The fourth-order valence-corrected chi connectivity index (χ4v) is 5.48. The van der Waals surface area contributed by atoms with Crippen molar-refractivity contribution in [1.82, 2.24) is 9.78 Å². The molecular weight excluding hydrogens is 452 g/mol. The van der Waals surface area contributed by atoms with Gasteiger partial charge in [0.2, 0.25) is 0 Å². The van der Waals surface area contributed by atoms with E-state index in [1.54, 1.807) is 31.2 Å². The number of nitrogens with one attached hydrogen (secondary N) is 1. The Bertz CT molecular complexity index is 1330. The first-order chi connectivity index (χ1) is 15.9. The van der Waals surface area contributed by atoms with Crippen molar-refractivity contribution in [3.05, 3.63) is 70.0 Å². The topological polar surface area (TPSA) is 105 Å². The summed E-state index contributed by atoms with van der Waals surface area (Å²) in [6, 6.07) is 9.80. The van der Waals surface area contributed by atoms with Crippen molar-refractivity contribution in [2.24, 2.45) is 7.05 Å². The van der Waals surface area contributed by atoms with Crippen LogP contribution in [0.4, 0.5) is 11.4 Å². The van der Waals surface area contributed by atoms with Gasteiger partial charge in [-0.2, -0.15) is 5.10 Å². The van der Waals surface area contributed by atoms with Crippen LogP contribution in [0.1, 0.15) is 44.9 Å². The minimum atomic E-state index is -3.86. The minimum Gasteiger partial charge on any atom is -0.478 e. The lowest BCUT2D eigenvalue weighted by atomic mass is 10.1. The number of hydrogen-bond acceptors (Lipinski definition) is 5. The third-order valence-corrected chi connectivity index (χ3v) is 7.63. The summed E-state index contributed by atoms with van der Waals surface area (Å²) in [5, 5.41) is 14.2. The van der Waals surface area contributed by atoms with Gasteiger partial charge in [-0.3, -0.25) is 9.40 Å². The molecule has 0 amide bonds. The van der Waals surface area contributed by atoms with Crippen molar-refractivity contribution in [2.45, 2.75) is 45.4 Å². The average Bonchev–Trinajstić information content (AvgIpc) is 3.00. The number of anilines is 2. The first-order valence-electron chi connectivity index (χ1n) is 11.1. The zero-order chi connectivity index (χ0) is 25.2. The molecule has 0 unspecified atom stereocenters. The van der Waals surface area contributed by atoms with E-state index < -0.39 is 16.0 Å². The third-order valence-electron chi connectivity index (χ3n) is 6.10. The molecule has 2 N–H and O–H groups in total. The Kier molecular flexibility index (Phi) is 7.35. The summed E-state index contributed by atoms with van der Waals surface area (Å²) in [6.07, 6.45) is 1.66. The van der Waals surface area contributed by atoms with Crippen LogP contribution in [0.5, 0.6) is 0 Å². The predicted octanol–water partition coefficient (Wildman–Crippen LogP) is 4.22. The normalized spacial score (nSPS) is 11.5. The second kappa shape index (κ2) is 9.89. The molecule has 0 bridgehead atoms. The van der Waals surface area contributed by atoms with Crippen LogP contribution in [0.25, 0.3) is 0 Å². The van der Waals surface area contributed by atoms with Crippen molar-refractivity contribution in [3.63, 3.8) is 0 Å². The van der Waals surface area contributed by atoms with Crippen LogP contribution in [-0.4, -0.2) is 42.9 Å². The fourth-order valence-electron chi connectivity index (χ4n) is 4.10. The molecular formula is C25H32N4O4S. The van der Waals surface area contributed by atoms with E-state index in [0.717, 1.165) is 29.8 Å². The lowest BCUT2D eigenvalue weighted by Crippen LogP contribution is -2.22. The molecule has 0 aliphatic rings. The minimum absolute atomic E-state index is 0.0393. The van der Waals surface area contributed by atoms with E-state index in [0.29, 0.717) is 17.8 Å². The van der Waals surface area contributed by atoms with Crippen LogP contribution in [0.15, 0.2) is 41.3 Å². The molecule has 3 aromatic rings. The van der Waals surface area contributed by atoms with E-state index in [4.69, 9.17) is 0 Å². The fraction of sp³-hybridized carbons (Fsp3) is 0.360. The molecule has 0 radical (unpaired) electrons. The number of aromatic carboxylic acids is 1. The summed E-state index contributed by atoms with van der Waals surface area (Å²) in [5.41, 5.74) is 5.57. The number of aryl methyl sites for hydroxylation is 4. The SMILES string of the molecule is Cc1ccc(C)c(S(=O)(=O)Nc2ccc(N(C)CCCc3c(C)nn(C)c3C)c(C(=O)O)c2)c1. The molecule has 0 saturated heterocycles. The van der Waals surface area contributed by atoms with E-state index >= 15 is 0 Å². The van der Waals surface area contributed by atoms with Crippen LogP contribution in [0.2, 0.25) is 0 Å². The number of carboxylic acids is 1. The monoisotopic (exact) mass is 484 g/mol. The maximum atomic E-state index is 12.9. The smallest absolute Gasteiger partial charge is 0.337 e. The van der Waals surface area contributed by atoms with E-state index in [9.17, 15) is 18.3 Å². The quantitative estimate of drug-likeness (QED) is 0.471. The molecule has 3 rings (SSSR count). The zero-order valence-electron chi connectivity index (χ0n) is 20.5. The number of rotatable bonds is 9. The van der Waals surface area contributed by atoms with E-state index in [1.807, 2.05) is 50.5 Å². The van der Waals surface area contributed by atoms with Gasteiger partial charge in [0, 0.05) is 32.0 Å². The molecule has 182 valence electrons. The summed E-state index contributed by atoms with van der Waals surface area (Å²) in [6.45, 7) is 8.22. The highest BCUT2D eigenvalue weighted by Gasteiger charge is 2.20. The Hall–Kier alpha value is -3.33. The van der Waals surface area contributed by atoms with Crippen molar-refractivity contribution >= 4 is 27.4 Å². The van der Waals surface area contributed by atoms with E-state index in [-0.39, 0.29) is 16.1 Å². The van der Waals surface area contributed by atoms with Gasteiger partial charge < -0.3 is 10.0 Å². The maximum absolute atomic E-state index is 12.9. The Balaban J connectivity index is 1.78. The highest BCUT2D eigenvalue weighted by molar-refractivity contribution is 7.92. The summed E-state index contributed by atoms with van der Waals surface area (Å²) in [5.74, 6) is -1.12. The lowest BCUT2D eigenvalue weighted by molar-refractivity contribution is 0.0697. The molecule has 1 aromatic heterocycles. The highest BCUT2D eigenvalue weighted by Crippen LogP contribution is 2.27. The van der Waals surface area contributed by atoms with Crippen LogP contribution >= 0.6 is 0 Å². The molecule has 2 aromatic carbocycles. The van der Waals surface area contributed by atoms with Crippen LogP contribution in [0.3, 0.4) is 0 Å². The zero-order valence-corrected chi connectivity index (χ0v) is 21.3. The second-order valence-corrected chi connectivity index (χ2v) is 10.4. The summed E-state index contributed by atoms with van der Waals surface area (Å²) < 4.78 is 30.3. The van der Waals surface area contributed by atoms with E-state index in [2.05, 4.69) is 9.82 Å². The molecule has 0 aliphatic carbocycles. The van der Waals surface area contributed by atoms with Crippen molar-refractivity contribution in [2.75, 3.05) is 23.2 Å². The van der Waals surface area contributed by atoms with Gasteiger partial charge in [-0.15, -0.1) is 0 Å². The molecule has 1 heterocycles. The molecule has 0 saturated carbocycles. The molecule has 34 heavy (non-hydrogen) atoms. The second-order valence-electron chi connectivity index (χ2n) is 8.71. The Morgan fingerprint density at radius 3 is 2.44 bits per heavy atom. The lowest BCUT2D eigenvalue weighted by Gasteiger charge is -2.22. The first kappa shape index (κ1) is 25.3. The number of nitrogens with zero attached hydrogens (tertiary/aromatic N) is 3. The van der Waals surface area contributed by atoms with Gasteiger partial charge in [-0.1, -0.05) is 12.1 Å². The number of sulfonamides is 1. The van der Waals surface area contributed by atoms with Crippen LogP contribution in [-0.2, 0) is 23.5 Å². The molecule has 0 fully saturated rings. The van der Waals surface area contributed by atoms with Gasteiger partial charge >= 0.3 is 5.97 Å².